The van der Waals surface area contributed by atoms with Gasteiger partial charge in [0.2, 0.25) is 0 Å². The molecular weight excluding hydrogens is 416 g/mol. The van der Waals surface area contributed by atoms with Crippen LogP contribution in [0.25, 0.3) is 17.2 Å². The van der Waals surface area contributed by atoms with E-state index < -0.39 is 0 Å². The average Bonchev–Trinajstić information content (AvgIpc) is 3.15. The van der Waals surface area contributed by atoms with Crippen LogP contribution in [0, 0.1) is 0 Å². The molecule has 0 nitrogen and oxygen atoms in total. The minimum absolute atomic E-state index is 0. The second-order valence-corrected chi connectivity index (χ2v) is 8.63. The van der Waals surface area contributed by atoms with Crippen molar-refractivity contribution in [2.45, 2.75) is 83.5 Å². The molecule has 1 fully saturated rings. The van der Waals surface area contributed by atoms with Crippen LogP contribution in [0.3, 0.4) is 0 Å². The summed E-state index contributed by atoms with van der Waals surface area (Å²) >= 11 is 0. The average molecular weight is 450 g/mol. The summed E-state index contributed by atoms with van der Waals surface area (Å²) in [7, 11) is 0. The van der Waals surface area contributed by atoms with E-state index in [0.717, 1.165) is 12.3 Å². The van der Waals surface area contributed by atoms with Gasteiger partial charge in [-0.05, 0) is 65.8 Å². The first kappa shape index (κ1) is 21.8. The molecule has 2 aliphatic carbocycles. The fourth-order valence-corrected chi connectivity index (χ4v) is 5.00. The second kappa shape index (κ2) is 10.7. The molecule has 146 valence electrons. The van der Waals surface area contributed by atoms with Gasteiger partial charge in [-0.1, -0.05) is 99.6 Å². The van der Waals surface area contributed by atoms with E-state index in [-0.39, 0.29) is 26.2 Å². The number of unbranched alkanes of at least 4 members (excludes halogenated alkanes) is 3. The van der Waals surface area contributed by atoms with Crippen molar-refractivity contribution in [1.82, 2.24) is 0 Å². The summed E-state index contributed by atoms with van der Waals surface area (Å²) in [5.41, 5.74) is 8.99. The van der Waals surface area contributed by atoms with Gasteiger partial charge in [0, 0.05) is 26.2 Å². The maximum absolute atomic E-state index is 2.49. The second-order valence-electron chi connectivity index (χ2n) is 8.63. The van der Waals surface area contributed by atoms with Gasteiger partial charge in [-0.25, -0.2) is 0 Å². The summed E-state index contributed by atoms with van der Waals surface area (Å²) in [6.07, 6.45) is 17.3. The zero-order chi connectivity index (χ0) is 18.5. The van der Waals surface area contributed by atoms with Gasteiger partial charge < -0.3 is 0 Å². The van der Waals surface area contributed by atoms with Gasteiger partial charge in [-0.15, -0.1) is 0 Å². The number of allylic oxidation sites excluding steroid dienone is 1. The van der Waals surface area contributed by atoms with Crippen molar-refractivity contribution < 1.29 is 26.2 Å². The SMILES string of the molecule is CCCCCCC1=Cc2c(cccc2-c2ccc(C3CCCCC3)cc2)C1.[Zr]. The molecule has 0 aromatic heterocycles. The van der Waals surface area contributed by atoms with E-state index >= 15 is 0 Å². The number of benzene rings is 2. The van der Waals surface area contributed by atoms with Crippen LogP contribution in [-0.2, 0) is 32.6 Å². The van der Waals surface area contributed by atoms with Gasteiger partial charge >= 0.3 is 0 Å². The monoisotopic (exact) mass is 448 g/mol. The van der Waals surface area contributed by atoms with Crippen LogP contribution in [0.2, 0.25) is 0 Å². The zero-order valence-corrected chi connectivity index (χ0v) is 19.9. The maximum atomic E-state index is 2.49. The quantitative estimate of drug-likeness (QED) is 0.373. The molecule has 0 radical (unpaired) electrons. The Hall–Kier alpha value is -0.937. The third kappa shape index (κ3) is 5.15. The molecule has 0 saturated heterocycles. The third-order valence-electron chi connectivity index (χ3n) is 6.61. The van der Waals surface area contributed by atoms with Crippen LogP contribution in [0.15, 0.2) is 48.0 Å². The predicted molar refractivity (Wildman–Crippen MR) is 118 cm³/mol. The molecule has 2 aromatic rings. The summed E-state index contributed by atoms with van der Waals surface area (Å²) in [6.45, 7) is 2.29. The van der Waals surface area contributed by atoms with Gasteiger partial charge in [-0.2, -0.15) is 0 Å². The Morgan fingerprint density at radius 1 is 0.857 bits per heavy atom. The van der Waals surface area contributed by atoms with Crippen LogP contribution in [0.5, 0.6) is 0 Å². The Morgan fingerprint density at radius 2 is 1.64 bits per heavy atom. The molecule has 28 heavy (non-hydrogen) atoms. The van der Waals surface area contributed by atoms with Gasteiger partial charge in [0.1, 0.15) is 0 Å². The van der Waals surface area contributed by atoms with Crippen molar-refractivity contribution in [2.24, 2.45) is 0 Å². The summed E-state index contributed by atoms with van der Waals surface area (Å²) in [5, 5.41) is 0. The van der Waals surface area contributed by atoms with Crippen LogP contribution in [0.1, 0.15) is 93.7 Å². The van der Waals surface area contributed by atoms with E-state index in [0.29, 0.717) is 0 Å². The minimum Gasteiger partial charge on any atom is -0.0654 e. The Balaban J connectivity index is 0.00000225. The molecule has 1 saturated carbocycles. The topological polar surface area (TPSA) is 0 Å². The molecule has 0 heterocycles. The molecule has 2 aromatic carbocycles. The summed E-state index contributed by atoms with van der Waals surface area (Å²) < 4.78 is 0. The fraction of sp³-hybridized carbons (Fsp3) is 0.481. The fourth-order valence-electron chi connectivity index (χ4n) is 5.00. The van der Waals surface area contributed by atoms with Gasteiger partial charge in [0.05, 0.1) is 0 Å². The first-order chi connectivity index (χ1) is 13.3. The van der Waals surface area contributed by atoms with Crippen molar-refractivity contribution in [2.75, 3.05) is 0 Å². The number of rotatable bonds is 7. The largest absolute Gasteiger partial charge is 0.0654 e. The first-order valence-corrected chi connectivity index (χ1v) is 11.3. The predicted octanol–water partition coefficient (Wildman–Crippen LogP) is 8.31. The van der Waals surface area contributed by atoms with E-state index in [1.54, 1.807) is 11.1 Å². The van der Waals surface area contributed by atoms with Gasteiger partial charge in [0.25, 0.3) is 0 Å². The summed E-state index contributed by atoms with van der Waals surface area (Å²) in [4.78, 5) is 0. The van der Waals surface area contributed by atoms with Crippen molar-refractivity contribution in [3.63, 3.8) is 0 Å². The summed E-state index contributed by atoms with van der Waals surface area (Å²) in [6, 6.07) is 16.4. The zero-order valence-electron chi connectivity index (χ0n) is 17.5. The molecular formula is C27H34Zr. The minimum atomic E-state index is 0. The van der Waals surface area contributed by atoms with Crippen LogP contribution in [0.4, 0.5) is 0 Å². The van der Waals surface area contributed by atoms with E-state index in [1.165, 1.54) is 86.5 Å². The molecule has 1 heteroatoms. The smallest absolute Gasteiger partial charge is 0 e. The molecule has 0 unspecified atom stereocenters. The van der Waals surface area contributed by atoms with Crippen molar-refractivity contribution in [1.29, 1.82) is 0 Å². The Labute approximate surface area is 191 Å². The molecule has 0 aliphatic heterocycles. The van der Waals surface area contributed by atoms with Crippen LogP contribution in [-0.4, -0.2) is 0 Å². The third-order valence-corrected chi connectivity index (χ3v) is 6.61. The number of fused-ring (bicyclic) bond motifs is 1. The van der Waals surface area contributed by atoms with Crippen LogP contribution < -0.4 is 0 Å². The molecule has 0 spiro atoms. The standard InChI is InChI=1S/C27H34.Zr/c1-2-3-4-6-10-21-19-25-13-9-14-26(27(25)20-21)24-17-15-23(16-18-24)22-11-7-5-8-12-22;/h9,13-18,20,22H,2-8,10-12,19H2,1H3;. The molecule has 0 atom stereocenters. The Kier molecular flexibility index (Phi) is 8.34. The molecule has 2 aliphatic rings. The maximum Gasteiger partial charge on any atom is 0 e. The van der Waals surface area contributed by atoms with E-state index in [2.05, 4.69) is 55.5 Å². The molecule has 0 amide bonds. The molecule has 0 bridgehead atoms. The van der Waals surface area contributed by atoms with Gasteiger partial charge in [0.15, 0.2) is 0 Å². The molecule has 4 rings (SSSR count). The van der Waals surface area contributed by atoms with Crippen molar-refractivity contribution in [3.8, 4) is 11.1 Å². The Morgan fingerprint density at radius 3 is 2.39 bits per heavy atom. The number of hydrogen-bond donors (Lipinski definition) is 0. The molecule has 0 N–H and O–H groups in total. The van der Waals surface area contributed by atoms with Crippen molar-refractivity contribution >= 4 is 6.08 Å². The first-order valence-electron chi connectivity index (χ1n) is 11.3. The Bertz CT molecular complexity index is 778. The van der Waals surface area contributed by atoms with E-state index in [9.17, 15) is 0 Å². The van der Waals surface area contributed by atoms with Gasteiger partial charge in [-0.3, -0.25) is 0 Å². The van der Waals surface area contributed by atoms with E-state index in [4.69, 9.17) is 0 Å². The van der Waals surface area contributed by atoms with Crippen LogP contribution >= 0.6 is 0 Å². The number of hydrogen-bond acceptors (Lipinski definition) is 0. The van der Waals surface area contributed by atoms with E-state index in [1.807, 2.05) is 0 Å². The summed E-state index contributed by atoms with van der Waals surface area (Å²) in [5.74, 6) is 0.795. The normalized spacial score (nSPS) is 16.4. The van der Waals surface area contributed by atoms with Crippen molar-refractivity contribution in [3.05, 3.63) is 64.7 Å².